The van der Waals surface area contributed by atoms with E-state index in [1.807, 2.05) is 12.1 Å². The van der Waals surface area contributed by atoms with E-state index in [1.54, 1.807) is 0 Å². The lowest BCUT2D eigenvalue weighted by atomic mass is 9.80. The van der Waals surface area contributed by atoms with Gasteiger partial charge in [-0.3, -0.25) is 0 Å². The molecule has 1 aliphatic rings. The van der Waals surface area contributed by atoms with E-state index in [0.717, 1.165) is 21.9 Å². The van der Waals surface area contributed by atoms with Crippen LogP contribution < -0.4 is 0 Å². The minimum Gasteiger partial charge on any atom is -0.456 e. The number of furan rings is 1. The third-order valence-electron chi connectivity index (χ3n) is 12.8. The molecule has 0 radical (unpaired) electrons. The molecule has 0 N–H and O–H groups in total. The minimum atomic E-state index is -0.0761. The van der Waals surface area contributed by atoms with Crippen LogP contribution in [0.25, 0.3) is 110 Å². The van der Waals surface area contributed by atoms with Crippen molar-refractivity contribution in [3.05, 3.63) is 205 Å². The monoisotopic (exact) mass is 738 g/mol. The molecular weight excluding hydrogens is 701 g/mol. The van der Waals surface area contributed by atoms with Crippen molar-refractivity contribution in [1.29, 1.82) is 0 Å². The Hall–Kier alpha value is -7.22. The second-order valence-electron chi connectivity index (χ2n) is 16.4. The van der Waals surface area contributed by atoms with E-state index in [4.69, 9.17) is 4.42 Å². The Balaban J connectivity index is 1.00. The lowest BCUT2D eigenvalue weighted by Crippen LogP contribution is -2.15. The van der Waals surface area contributed by atoms with Crippen LogP contribution in [-0.2, 0) is 5.41 Å². The summed E-state index contributed by atoms with van der Waals surface area (Å²) < 4.78 is 6.16. The lowest BCUT2D eigenvalue weighted by Gasteiger charge is -2.23. The molecule has 0 fully saturated rings. The van der Waals surface area contributed by atoms with Crippen molar-refractivity contribution < 1.29 is 4.42 Å². The van der Waals surface area contributed by atoms with E-state index in [0.29, 0.717) is 0 Å². The van der Waals surface area contributed by atoms with Gasteiger partial charge in [0.2, 0.25) is 0 Å². The van der Waals surface area contributed by atoms with E-state index in [2.05, 4.69) is 196 Å². The predicted molar refractivity (Wildman–Crippen MR) is 246 cm³/mol. The van der Waals surface area contributed by atoms with E-state index < -0.39 is 0 Å². The molecule has 0 aliphatic heterocycles. The second kappa shape index (κ2) is 12.4. The van der Waals surface area contributed by atoms with Crippen LogP contribution in [-0.4, -0.2) is 0 Å². The molecule has 1 aromatic heterocycles. The second-order valence-corrected chi connectivity index (χ2v) is 16.4. The quantitative estimate of drug-likeness (QED) is 0.164. The molecule has 272 valence electrons. The SMILES string of the molecule is CC1(C)c2ccc(-c3cccc(-c4c5ccccc5c(-c5cccc(-c6ccc7oc8ccccc8c7c6)c5)c5ccccc45)c3)cc2-c2ccc3ccccc3c21. The first-order valence-corrected chi connectivity index (χ1v) is 20.2. The van der Waals surface area contributed by atoms with Crippen LogP contribution >= 0.6 is 0 Å². The van der Waals surface area contributed by atoms with Gasteiger partial charge in [0.25, 0.3) is 0 Å². The van der Waals surface area contributed by atoms with Gasteiger partial charge in [0.15, 0.2) is 0 Å². The molecule has 1 aliphatic carbocycles. The third kappa shape index (κ3) is 4.83. The van der Waals surface area contributed by atoms with Gasteiger partial charge >= 0.3 is 0 Å². The summed E-state index contributed by atoms with van der Waals surface area (Å²) >= 11 is 0. The molecule has 1 heteroatoms. The molecule has 10 aromatic carbocycles. The van der Waals surface area contributed by atoms with Crippen LogP contribution in [0.4, 0.5) is 0 Å². The Morgan fingerprint density at radius 2 is 0.828 bits per heavy atom. The van der Waals surface area contributed by atoms with E-state index in [1.165, 1.54) is 99.1 Å². The number of rotatable bonds is 4. The average Bonchev–Trinajstić information content (AvgIpc) is 3.76. The Morgan fingerprint density at radius 1 is 0.328 bits per heavy atom. The lowest BCUT2D eigenvalue weighted by molar-refractivity contribution is 0.666. The zero-order valence-corrected chi connectivity index (χ0v) is 32.4. The molecule has 11 aromatic rings. The Morgan fingerprint density at radius 3 is 1.48 bits per heavy atom. The van der Waals surface area contributed by atoms with Gasteiger partial charge < -0.3 is 4.42 Å². The first-order chi connectivity index (χ1) is 28.5. The number of hydrogen-bond donors (Lipinski definition) is 0. The largest absolute Gasteiger partial charge is 0.456 e. The van der Waals surface area contributed by atoms with Gasteiger partial charge in [-0.05, 0) is 135 Å². The highest BCUT2D eigenvalue weighted by Gasteiger charge is 2.37. The van der Waals surface area contributed by atoms with Gasteiger partial charge in [-0.1, -0.05) is 172 Å². The van der Waals surface area contributed by atoms with Crippen molar-refractivity contribution in [1.82, 2.24) is 0 Å². The van der Waals surface area contributed by atoms with Gasteiger partial charge in [0.05, 0.1) is 0 Å². The van der Waals surface area contributed by atoms with Gasteiger partial charge in [0.1, 0.15) is 11.2 Å². The highest BCUT2D eigenvalue weighted by atomic mass is 16.3. The summed E-state index contributed by atoms with van der Waals surface area (Å²) in [5.74, 6) is 0. The molecule has 12 rings (SSSR count). The van der Waals surface area contributed by atoms with Crippen molar-refractivity contribution in [3.8, 4) is 55.6 Å². The first-order valence-electron chi connectivity index (χ1n) is 20.2. The molecule has 0 atom stereocenters. The normalized spacial score (nSPS) is 13.1. The molecule has 1 nitrogen and oxygen atoms in total. The Kier molecular flexibility index (Phi) is 7.04. The van der Waals surface area contributed by atoms with Crippen LogP contribution in [0, 0.1) is 0 Å². The molecular formula is C57H38O. The molecule has 58 heavy (non-hydrogen) atoms. The number of para-hydroxylation sites is 1. The van der Waals surface area contributed by atoms with Crippen LogP contribution in [0.2, 0.25) is 0 Å². The van der Waals surface area contributed by atoms with Crippen LogP contribution in [0.15, 0.2) is 199 Å². The van der Waals surface area contributed by atoms with Crippen molar-refractivity contribution >= 4 is 54.3 Å². The van der Waals surface area contributed by atoms with E-state index >= 15 is 0 Å². The third-order valence-corrected chi connectivity index (χ3v) is 12.8. The van der Waals surface area contributed by atoms with Gasteiger partial charge in [-0.25, -0.2) is 0 Å². The standard InChI is InChI=1S/C57H38O/c1-57(2)51-29-26-38(33-49(51)48-28-25-35-13-3-4-18-42(35)56(48)57)36-14-11-16-40(31-36)54-44-20-5-7-22-46(44)55(47-23-8-6-21-45(47)54)41-17-12-15-37(32-41)39-27-30-53-50(34-39)43-19-9-10-24-52(43)58-53/h3-34H,1-2H3. The summed E-state index contributed by atoms with van der Waals surface area (Å²) in [6.45, 7) is 4.75. The maximum absolute atomic E-state index is 6.16. The fourth-order valence-electron chi connectivity index (χ4n) is 10.2. The summed E-state index contributed by atoms with van der Waals surface area (Å²) in [7, 11) is 0. The maximum Gasteiger partial charge on any atom is 0.135 e. The van der Waals surface area contributed by atoms with Crippen molar-refractivity contribution in [2.45, 2.75) is 19.3 Å². The fourth-order valence-corrected chi connectivity index (χ4v) is 10.2. The van der Waals surface area contributed by atoms with E-state index in [-0.39, 0.29) is 5.41 Å². The molecule has 0 amide bonds. The molecule has 0 spiro atoms. The Bertz CT molecular complexity index is 3430. The van der Waals surface area contributed by atoms with Crippen molar-refractivity contribution in [2.24, 2.45) is 0 Å². The highest BCUT2D eigenvalue weighted by Crippen LogP contribution is 2.52. The topological polar surface area (TPSA) is 13.1 Å². The molecule has 0 saturated carbocycles. The molecule has 0 unspecified atom stereocenters. The highest BCUT2D eigenvalue weighted by molar-refractivity contribution is 6.21. The van der Waals surface area contributed by atoms with Crippen LogP contribution in [0.1, 0.15) is 25.0 Å². The predicted octanol–water partition coefficient (Wildman–Crippen LogP) is 16.0. The van der Waals surface area contributed by atoms with Gasteiger partial charge in [0, 0.05) is 16.2 Å². The number of hydrogen-bond acceptors (Lipinski definition) is 1. The summed E-state index contributed by atoms with van der Waals surface area (Å²) in [6, 6.07) is 71.5. The average molecular weight is 739 g/mol. The summed E-state index contributed by atoms with van der Waals surface area (Å²) in [5, 5.41) is 9.94. The van der Waals surface area contributed by atoms with Crippen LogP contribution in [0.3, 0.4) is 0 Å². The fraction of sp³-hybridized carbons (Fsp3) is 0.0526. The smallest absolute Gasteiger partial charge is 0.135 e. The van der Waals surface area contributed by atoms with E-state index in [9.17, 15) is 0 Å². The van der Waals surface area contributed by atoms with Gasteiger partial charge in [-0.15, -0.1) is 0 Å². The summed E-state index contributed by atoms with van der Waals surface area (Å²) in [6.07, 6.45) is 0. The first kappa shape index (κ1) is 33.0. The zero-order valence-electron chi connectivity index (χ0n) is 32.4. The van der Waals surface area contributed by atoms with Crippen molar-refractivity contribution in [3.63, 3.8) is 0 Å². The number of fused-ring (bicyclic) bond motifs is 10. The van der Waals surface area contributed by atoms with Crippen molar-refractivity contribution in [2.75, 3.05) is 0 Å². The minimum absolute atomic E-state index is 0.0761. The maximum atomic E-state index is 6.16. The zero-order chi connectivity index (χ0) is 38.5. The summed E-state index contributed by atoms with van der Waals surface area (Å²) in [5.41, 5.74) is 17.0. The molecule has 0 saturated heterocycles. The molecule has 0 bridgehead atoms. The Labute approximate surface area is 337 Å². The van der Waals surface area contributed by atoms with Gasteiger partial charge in [-0.2, -0.15) is 0 Å². The number of benzene rings is 10. The molecule has 1 heterocycles. The summed E-state index contributed by atoms with van der Waals surface area (Å²) in [4.78, 5) is 0. The van der Waals surface area contributed by atoms with Crippen LogP contribution in [0.5, 0.6) is 0 Å².